The first-order chi connectivity index (χ1) is 21.3. The number of nitrogens with zero attached hydrogens (tertiary/aromatic N) is 1. The summed E-state index contributed by atoms with van der Waals surface area (Å²) < 4.78 is 0. The molecule has 0 bridgehead atoms. The summed E-state index contributed by atoms with van der Waals surface area (Å²) in [4.78, 5) is 0. The Labute approximate surface area is 279 Å². The number of hydrogen-bond acceptors (Lipinski definition) is 1. The molecule has 2 nitrogen and oxygen atoms in total. The van der Waals surface area contributed by atoms with E-state index in [-0.39, 0.29) is 20.1 Å². The van der Waals surface area contributed by atoms with E-state index in [1.807, 2.05) is 0 Å². The van der Waals surface area contributed by atoms with Gasteiger partial charge in [0.25, 0.3) is 0 Å². The molecule has 6 aromatic carbocycles. The van der Waals surface area contributed by atoms with Gasteiger partial charge in [0.2, 0.25) is 0 Å². The van der Waals surface area contributed by atoms with E-state index in [1.54, 1.807) is 6.92 Å². The third-order valence-electron chi connectivity index (χ3n) is 6.37. The summed E-state index contributed by atoms with van der Waals surface area (Å²) in [6, 6.07) is 65.0. The molecule has 0 aliphatic carbocycles. The average molecular weight is 793 g/mol. The van der Waals surface area contributed by atoms with Gasteiger partial charge in [-0.2, -0.15) is 0 Å². The van der Waals surface area contributed by atoms with E-state index in [2.05, 4.69) is 182 Å². The Morgan fingerprint density at radius 1 is 0.364 bits per heavy atom. The zero-order chi connectivity index (χ0) is 30.5. The predicted octanol–water partition coefficient (Wildman–Crippen LogP) is 6.61. The van der Waals surface area contributed by atoms with Crippen molar-refractivity contribution in [3.8, 4) is 0 Å². The van der Waals surface area contributed by atoms with Crippen molar-refractivity contribution in [2.45, 2.75) is 6.92 Å². The quantitative estimate of drug-likeness (QED) is 0.150. The Kier molecular flexibility index (Phi) is 18.4. The Morgan fingerprint density at radius 3 is 0.591 bits per heavy atom. The van der Waals surface area contributed by atoms with E-state index in [1.165, 1.54) is 31.8 Å². The van der Waals surface area contributed by atoms with Crippen molar-refractivity contribution in [2.75, 3.05) is 7.11 Å². The van der Waals surface area contributed by atoms with E-state index < -0.39 is 15.8 Å². The Hall–Kier alpha value is -3.54. The molecule has 0 spiro atoms. The van der Waals surface area contributed by atoms with Crippen molar-refractivity contribution in [3.63, 3.8) is 0 Å². The largest absolute Gasteiger partial charge is 0.814 e. The number of aliphatic hydroxyl groups excluding tert-OH is 1. The van der Waals surface area contributed by atoms with Gasteiger partial charge >= 0.3 is 0 Å². The van der Waals surface area contributed by atoms with Crippen LogP contribution in [0, 0.1) is 0 Å². The van der Waals surface area contributed by atoms with Gasteiger partial charge in [-0.05, 0) is 72.8 Å². The van der Waals surface area contributed by atoms with Crippen LogP contribution in [0.5, 0.6) is 0 Å². The smallest absolute Gasteiger partial charge is 0.102 e. The fourth-order valence-electron chi connectivity index (χ4n) is 4.63. The molecule has 0 aromatic heterocycles. The van der Waals surface area contributed by atoms with Gasteiger partial charge in [0.05, 0.1) is 15.8 Å². The molecule has 0 saturated heterocycles. The zero-order valence-electron chi connectivity index (χ0n) is 25.1. The van der Waals surface area contributed by atoms with Gasteiger partial charge in [0.1, 0.15) is 31.8 Å². The van der Waals surface area contributed by atoms with Crippen molar-refractivity contribution in [1.82, 2.24) is 0 Å². The Balaban J connectivity index is 0.000000263. The fraction of sp³-hybridized carbons (Fsp3) is 0.0513. The summed E-state index contributed by atoms with van der Waals surface area (Å²) in [6.07, 6.45) is 1.00. The van der Waals surface area contributed by atoms with Gasteiger partial charge in [-0.1, -0.05) is 116 Å². The molecule has 1 N–H and O–H groups in total. The van der Waals surface area contributed by atoms with Gasteiger partial charge < -0.3 is 10.5 Å². The molecule has 5 heteroatoms. The molecule has 0 fully saturated rings. The van der Waals surface area contributed by atoms with Crippen LogP contribution in [0.1, 0.15) is 6.92 Å². The van der Waals surface area contributed by atoms with Crippen LogP contribution in [0.3, 0.4) is 0 Å². The van der Waals surface area contributed by atoms with Crippen LogP contribution < -0.4 is 31.8 Å². The van der Waals surface area contributed by atoms with E-state index in [0.717, 1.165) is 13.3 Å². The Morgan fingerprint density at radius 2 is 0.477 bits per heavy atom. The molecule has 0 unspecified atom stereocenters. The zero-order valence-corrected chi connectivity index (χ0v) is 29.5. The van der Waals surface area contributed by atoms with Crippen molar-refractivity contribution < 1.29 is 25.2 Å². The van der Waals surface area contributed by atoms with Crippen LogP contribution in [0.25, 0.3) is 5.41 Å². The minimum atomic E-state index is -0.877. The molecule has 44 heavy (non-hydrogen) atoms. The Bertz CT molecular complexity index is 1230. The van der Waals surface area contributed by atoms with Gasteiger partial charge in [-0.15, -0.1) is 0 Å². The maximum absolute atomic E-state index is 7.44. The number of benzene rings is 6. The summed E-state index contributed by atoms with van der Waals surface area (Å²) in [5.41, 5.74) is 0. The second kappa shape index (κ2) is 22.0. The normalized spacial score (nSPS) is 9.57. The molecule has 0 atom stereocenters. The summed E-state index contributed by atoms with van der Waals surface area (Å²) >= 11 is 0. The van der Waals surface area contributed by atoms with Crippen LogP contribution in [0.2, 0.25) is 0 Å². The summed E-state index contributed by atoms with van der Waals surface area (Å²) in [7, 11) is -0.755. The third-order valence-corrected chi connectivity index (χ3v) is 11.8. The second-order valence-corrected chi connectivity index (χ2v) is 14.2. The van der Waals surface area contributed by atoms with E-state index in [4.69, 9.17) is 10.5 Å². The fourth-order valence-corrected chi connectivity index (χ4v) is 9.78. The predicted molar refractivity (Wildman–Crippen MR) is 196 cm³/mol. The number of rotatable bonds is 6. The molecule has 1 radical (unpaired) electrons. The second-order valence-electron chi connectivity index (χ2n) is 9.20. The summed E-state index contributed by atoms with van der Waals surface area (Å²) in [5.74, 6) is 0. The molecule has 0 aliphatic heterocycles. The average Bonchev–Trinajstić information content (AvgIpc) is 3.10. The van der Waals surface area contributed by atoms with Gasteiger partial charge in [-0.25, -0.2) is 6.21 Å². The van der Waals surface area contributed by atoms with Crippen molar-refractivity contribution in [3.05, 3.63) is 187 Å². The maximum Gasteiger partial charge on any atom is 0.102 e. The van der Waals surface area contributed by atoms with Crippen molar-refractivity contribution in [1.29, 1.82) is 0 Å². The van der Waals surface area contributed by atoms with Gasteiger partial charge in [0.15, 0.2) is 0 Å². The van der Waals surface area contributed by atoms with Crippen LogP contribution in [-0.2, 0) is 20.1 Å². The molecule has 225 valence electrons. The molecular formula is C39H40IrNOP2+. The first-order valence-corrected chi connectivity index (χ1v) is 17.2. The minimum absolute atomic E-state index is 0. The van der Waals surface area contributed by atoms with Crippen LogP contribution in [-0.4, -0.2) is 18.4 Å². The standard InChI is InChI=1S/2C18H15P.C2H4N.CH4O.Ir/c2*1-4-10-16(11-5-1)19(17-12-6-2-7-13-17)18-14-8-3-9-15-18;1-2-3;1-2;/h2*1-15H;2H,1H3;2H,1H3;/q;;-1;;/p+2. The van der Waals surface area contributed by atoms with Crippen LogP contribution in [0.4, 0.5) is 0 Å². The molecular weight excluding hydrogens is 753 g/mol. The third kappa shape index (κ3) is 11.5. The van der Waals surface area contributed by atoms with E-state index in [9.17, 15) is 0 Å². The molecule has 0 amide bonds. The topological polar surface area (TPSA) is 42.5 Å². The van der Waals surface area contributed by atoms with E-state index in [0.29, 0.717) is 0 Å². The monoisotopic (exact) mass is 793 g/mol. The summed E-state index contributed by atoms with van der Waals surface area (Å²) in [6.45, 7) is 1.56. The minimum Gasteiger partial charge on any atom is -0.814 e. The van der Waals surface area contributed by atoms with Crippen molar-refractivity contribution >= 4 is 53.9 Å². The van der Waals surface area contributed by atoms with Gasteiger partial charge in [-0.3, -0.25) is 0 Å². The molecule has 6 rings (SSSR count). The SMILES string of the molecule is CC=[N-].CO.[Ir].c1ccc([PH+](c2ccccc2)c2ccccc2)cc1.c1ccc([PH+](c2ccccc2)c2ccccc2)cc1. The summed E-state index contributed by atoms with van der Waals surface area (Å²) in [5, 5.41) is 23.1. The number of hydrogen-bond donors (Lipinski definition) is 1. The van der Waals surface area contributed by atoms with Crippen molar-refractivity contribution in [2.24, 2.45) is 0 Å². The molecule has 0 saturated carbocycles. The first kappa shape index (κ1) is 36.6. The maximum atomic E-state index is 7.44. The molecule has 6 aromatic rings. The number of aliphatic hydroxyl groups is 1. The molecule has 0 aliphatic rings. The van der Waals surface area contributed by atoms with Gasteiger partial charge in [0, 0.05) is 27.2 Å². The first-order valence-electron chi connectivity index (χ1n) is 14.2. The van der Waals surface area contributed by atoms with Crippen LogP contribution in [0.15, 0.2) is 182 Å². The molecule has 0 heterocycles. The van der Waals surface area contributed by atoms with Crippen LogP contribution >= 0.6 is 15.8 Å². The van der Waals surface area contributed by atoms with E-state index >= 15 is 0 Å².